The third-order valence-corrected chi connectivity index (χ3v) is 9.10. The molecule has 0 saturated heterocycles. The number of amides is 5. The van der Waals surface area contributed by atoms with Gasteiger partial charge in [-0.3, -0.25) is 28.2 Å². The first-order chi connectivity index (χ1) is 22.6. The number of benzene rings is 1. The molecule has 48 heavy (non-hydrogen) atoms. The second kappa shape index (κ2) is 21.6. The van der Waals surface area contributed by atoms with Gasteiger partial charge in [0.15, 0.2) is 0 Å². The van der Waals surface area contributed by atoms with Crippen LogP contribution in [0, 0.1) is 17.8 Å². The molecule has 0 bridgehead atoms. The Kier molecular flexibility index (Phi) is 19.2. The van der Waals surface area contributed by atoms with Gasteiger partial charge in [-0.25, -0.2) is 0 Å². The largest absolute Gasteiger partial charge is 0.355 e. The molecular weight excluding hydrogens is 632 g/mol. The van der Waals surface area contributed by atoms with E-state index in [1.807, 2.05) is 55.4 Å². The lowest BCUT2D eigenvalue weighted by atomic mass is 9.97. The molecule has 12 nitrogen and oxygen atoms in total. The minimum absolute atomic E-state index is 0.0984. The van der Waals surface area contributed by atoms with Crippen LogP contribution in [0.3, 0.4) is 0 Å². The van der Waals surface area contributed by atoms with E-state index in [4.69, 9.17) is 0 Å². The predicted molar refractivity (Wildman–Crippen MR) is 191 cm³/mol. The van der Waals surface area contributed by atoms with Gasteiger partial charge < -0.3 is 31.9 Å². The van der Waals surface area contributed by atoms with Gasteiger partial charge in [-0.05, 0) is 62.6 Å². The summed E-state index contributed by atoms with van der Waals surface area (Å²) < 4.78 is 11.9. The van der Waals surface area contributed by atoms with Crippen molar-refractivity contribution in [2.45, 2.75) is 123 Å². The van der Waals surface area contributed by atoms with Crippen molar-refractivity contribution in [3.8, 4) is 0 Å². The van der Waals surface area contributed by atoms with Crippen molar-refractivity contribution in [1.82, 2.24) is 31.9 Å². The van der Waals surface area contributed by atoms with Crippen molar-refractivity contribution < 1.29 is 28.2 Å². The molecule has 13 heteroatoms. The standard InChI is InChI=1S/C35H60N6O6S/c1-11-15-28(39-35(46)30(23(8)12-2)41-32(43)25-16-14-17-27(19-25)48(10)47)33(44)38-26(18-21(4)5)20-37-24(9)31(42)40-29(22(6)7)34(45)36-13-3/h14,16-17,19,21-24,26,28-30,37H,11-13,15,18,20H2,1-10H3,(H,36,45)(H,38,44)(H,39,46)(H,40,42)(H,41,43)/t23-,24-,26?,28-,29?,30?,48?/m0/s1. The highest BCUT2D eigenvalue weighted by molar-refractivity contribution is 7.84. The minimum atomic E-state index is -1.27. The quantitative estimate of drug-likeness (QED) is 0.115. The molecule has 0 radical (unpaired) electrons. The summed E-state index contributed by atoms with van der Waals surface area (Å²) in [5, 5.41) is 17.5. The van der Waals surface area contributed by atoms with E-state index in [1.165, 1.54) is 6.26 Å². The smallest absolute Gasteiger partial charge is 0.251 e. The fourth-order valence-electron chi connectivity index (χ4n) is 5.13. The van der Waals surface area contributed by atoms with Gasteiger partial charge in [0.25, 0.3) is 5.91 Å². The molecule has 0 spiro atoms. The van der Waals surface area contributed by atoms with E-state index >= 15 is 0 Å². The van der Waals surface area contributed by atoms with Crippen LogP contribution in [-0.4, -0.2) is 83.3 Å². The number of hydrogen-bond donors (Lipinski definition) is 6. The Morgan fingerprint density at radius 1 is 0.792 bits per heavy atom. The molecule has 0 fully saturated rings. The fourth-order valence-corrected chi connectivity index (χ4v) is 5.70. The van der Waals surface area contributed by atoms with Crippen LogP contribution in [0.15, 0.2) is 29.2 Å². The average Bonchev–Trinajstić information content (AvgIpc) is 3.03. The van der Waals surface area contributed by atoms with Crippen LogP contribution in [0.2, 0.25) is 0 Å². The average molecular weight is 693 g/mol. The molecule has 1 aromatic carbocycles. The number of nitrogens with one attached hydrogen (secondary N) is 6. The first-order valence-corrected chi connectivity index (χ1v) is 18.8. The Morgan fingerprint density at radius 2 is 1.46 bits per heavy atom. The van der Waals surface area contributed by atoms with Gasteiger partial charge in [0.2, 0.25) is 23.6 Å². The number of likely N-dealkylation sites (N-methyl/N-ethyl adjacent to an activating group) is 1. The van der Waals surface area contributed by atoms with Gasteiger partial charge in [0.1, 0.15) is 18.1 Å². The van der Waals surface area contributed by atoms with Crippen LogP contribution in [0.4, 0.5) is 0 Å². The Hall–Kier alpha value is -3.32. The van der Waals surface area contributed by atoms with Crippen LogP contribution in [0.5, 0.6) is 0 Å². The van der Waals surface area contributed by atoms with Crippen molar-refractivity contribution in [2.75, 3.05) is 19.3 Å². The number of carbonyl (C=O) groups is 5. The molecule has 5 amide bonds. The molecule has 0 aromatic heterocycles. The minimum Gasteiger partial charge on any atom is -0.355 e. The van der Waals surface area contributed by atoms with Crippen molar-refractivity contribution in [2.24, 2.45) is 17.8 Å². The predicted octanol–water partition coefficient (Wildman–Crippen LogP) is 2.64. The normalized spacial score (nSPS) is 15.8. The summed E-state index contributed by atoms with van der Waals surface area (Å²) in [5.41, 5.74) is 0.294. The molecule has 0 aliphatic heterocycles. The lowest BCUT2D eigenvalue weighted by Crippen LogP contribution is -2.58. The SMILES string of the molecule is CCC[C@H](NC(=O)C(NC(=O)c1cccc(S(C)=O)c1)[C@@H](C)CC)C(=O)NC(CN[C@@H](C)C(=O)NC(C(=O)NCC)C(C)C)CC(C)C. The molecule has 1 aromatic rings. The molecule has 1 rings (SSSR count). The lowest BCUT2D eigenvalue weighted by molar-refractivity contribution is -0.131. The lowest BCUT2D eigenvalue weighted by Gasteiger charge is -2.29. The van der Waals surface area contributed by atoms with E-state index in [0.717, 1.165) is 0 Å². The summed E-state index contributed by atoms with van der Waals surface area (Å²) in [5.74, 6) is -1.92. The number of rotatable bonds is 21. The Labute approximate surface area is 289 Å². The molecule has 7 atom stereocenters. The maximum atomic E-state index is 13.6. The third kappa shape index (κ3) is 14.4. The second-order valence-electron chi connectivity index (χ2n) is 13.3. The van der Waals surface area contributed by atoms with Gasteiger partial charge in [0.05, 0.1) is 6.04 Å². The van der Waals surface area contributed by atoms with Crippen LogP contribution < -0.4 is 31.9 Å². The Bertz CT molecular complexity index is 1240. The van der Waals surface area contributed by atoms with Crippen LogP contribution in [-0.2, 0) is 30.0 Å². The zero-order valence-electron chi connectivity index (χ0n) is 30.5. The van der Waals surface area contributed by atoms with Crippen LogP contribution in [0.25, 0.3) is 0 Å². The summed E-state index contributed by atoms with van der Waals surface area (Å²) in [6, 6.07) is 3.10. The summed E-state index contributed by atoms with van der Waals surface area (Å²) in [4.78, 5) is 66.3. The topological polar surface area (TPSA) is 175 Å². The van der Waals surface area contributed by atoms with E-state index in [1.54, 1.807) is 31.2 Å². The van der Waals surface area contributed by atoms with E-state index in [9.17, 15) is 28.2 Å². The zero-order chi connectivity index (χ0) is 36.6. The fraction of sp³-hybridized carbons (Fsp3) is 0.686. The maximum Gasteiger partial charge on any atom is 0.251 e. The highest BCUT2D eigenvalue weighted by Crippen LogP contribution is 2.14. The molecule has 0 saturated carbocycles. The summed E-state index contributed by atoms with van der Waals surface area (Å²) in [7, 11) is -1.27. The highest BCUT2D eigenvalue weighted by Gasteiger charge is 2.31. The molecule has 0 heterocycles. The van der Waals surface area contributed by atoms with E-state index in [-0.39, 0.29) is 41.5 Å². The molecular formula is C35H60N6O6S. The Balaban J connectivity index is 3.02. The first-order valence-electron chi connectivity index (χ1n) is 17.2. The third-order valence-electron chi connectivity index (χ3n) is 8.18. The van der Waals surface area contributed by atoms with Gasteiger partial charge in [0, 0.05) is 46.6 Å². The second-order valence-corrected chi connectivity index (χ2v) is 14.6. The maximum absolute atomic E-state index is 13.6. The summed E-state index contributed by atoms with van der Waals surface area (Å²) in [6.45, 7) is 17.8. The molecule has 272 valence electrons. The molecule has 4 unspecified atom stereocenters. The monoisotopic (exact) mass is 692 g/mol. The van der Waals surface area contributed by atoms with Crippen LogP contribution >= 0.6 is 0 Å². The number of hydrogen-bond acceptors (Lipinski definition) is 7. The highest BCUT2D eigenvalue weighted by atomic mass is 32.2. The summed E-state index contributed by atoms with van der Waals surface area (Å²) >= 11 is 0. The van der Waals surface area contributed by atoms with Gasteiger partial charge >= 0.3 is 0 Å². The van der Waals surface area contributed by atoms with Gasteiger partial charge in [-0.15, -0.1) is 0 Å². The van der Waals surface area contributed by atoms with Crippen molar-refractivity contribution in [3.63, 3.8) is 0 Å². The van der Waals surface area contributed by atoms with E-state index in [2.05, 4.69) is 31.9 Å². The van der Waals surface area contributed by atoms with Gasteiger partial charge in [-0.1, -0.05) is 67.4 Å². The van der Waals surface area contributed by atoms with Gasteiger partial charge in [-0.2, -0.15) is 0 Å². The molecule has 0 aliphatic rings. The zero-order valence-corrected chi connectivity index (χ0v) is 31.3. The molecule has 6 N–H and O–H groups in total. The van der Waals surface area contributed by atoms with Crippen LogP contribution in [0.1, 0.15) is 98.4 Å². The van der Waals surface area contributed by atoms with Crippen molar-refractivity contribution >= 4 is 40.3 Å². The number of carbonyl (C=O) groups excluding carboxylic acids is 5. The first kappa shape index (κ1) is 42.7. The van der Waals surface area contributed by atoms with Crippen molar-refractivity contribution in [3.05, 3.63) is 29.8 Å². The van der Waals surface area contributed by atoms with E-state index in [0.29, 0.717) is 49.2 Å². The summed E-state index contributed by atoms with van der Waals surface area (Å²) in [6.07, 6.45) is 3.79. The van der Waals surface area contributed by atoms with E-state index < -0.39 is 46.8 Å². The molecule has 0 aliphatic carbocycles. The van der Waals surface area contributed by atoms with Crippen molar-refractivity contribution in [1.29, 1.82) is 0 Å². The Morgan fingerprint density at radius 3 is 2.00 bits per heavy atom.